The molecule has 0 bridgehead atoms. The summed E-state index contributed by atoms with van der Waals surface area (Å²) in [6, 6.07) is 12.1. The molecule has 0 saturated heterocycles. The molecule has 1 aromatic carbocycles. The molecule has 2 heterocycles. The molecule has 2 aromatic heterocycles. The van der Waals surface area contributed by atoms with Crippen molar-refractivity contribution in [3.05, 3.63) is 67.5 Å². The molecule has 0 aliphatic heterocycles. The van der Waals surface area contributed by atoms with Gasteiger partial charge in [-0.1, -0.05) is 23.7 Å². The summed E-state index contributed by atoms with van der Waals surface area (Å²) < 4.78 is 11.3. The third-order valence-corrected chi connectivity index (χ3v) is 5.44. The molecular weight excluding hydrogens is 397 g/mol. The van der Waals surface area contributed by atoms with Crippen molar-refractivity contribution in [1.82, 2.24) is 5.32 Å². The molecule has 0 spiro atoms. The average molecular weight is 416 g/mol. The Kier molecular flexibility index (Phi) is 8.06. The lowest BCUT2D eigenvalue weighted by Crippen LogP contribution is -2.12. The van der Waals surface area contributed by atoms with E-state index in [4.69, 9.17) is 21.1 Å². The highest BCUT2D eigenvalue weighted by molar-refractivity contribution is 7.10. The number of methoxy groups -OCH3 is 1. The SMILES string of the molecule is COc1cc(CNCc2cccs2)cc(Cl)c1OCc1cccs1.Cl. The van der Waals surface area contributed by atoms with E-state index in [2.05, 4.69) is 22.8 Å². The van der Waals surface area contributed by atoms with Crippen LogP contribution in [0.1, 0.15) is 15.3 Å². The summed E-state index contributed by atoms with van der Waals surface area (Å²) in [5, 5.41) is 8.09. The fourth-order valence-corrected chi connectivity index (χ4v) is 3.87. The van der Waals surface area contributed by atoms with Crippen LogP contribution in [0.2, 0.25) is 5.02 Å². The highest BCUT2D eigenvalue weighted by atomic mass is 35.5. The van der Waals surface area contributed by atoms with E-state index >= 15 is 0 Å². The molecule has 0 aliphatic rings. The van der Waals surface area contributed by atoms with Gasteiger partial charge in [0.25, 0.3) is 0 Å². The van der Waals surface area contributed by atoms with Crippen LogP contribution in [0.25, 0.3) is 0 Å². The fraction of sp³-hybridized carbons (Fsp3) is 0.222. The summed E-state index contributed by atoms with van der Waals surface area (Å²) in [6.45, 7) is 2.05. The predicted molar refractivity (Wildman–Crippen MR) is 109 cm³/mol. The summed E-state index contributed by atoms with van der Waals surface area (Å²) in [5.74, 6) is 1.25. The average Bonchev–Trinajstić information content (AvgIpc) is 3.27. The van der Waals surface area contributed by atoms with Gasteiger partial charge in [-0.05, 0) is 40.6 Å². The van der Waals surface area contributed by atoms with E-state index in [9.17, 15) is 0 Å². The molecular formula is C18H19Cl2NO2S2. The minimum atomic E-state index is 0. The lowest BCUT2D eigenvalue weighted by molar-refractivity contribution is 0.287. The monoisotopic (exact) mass is 415 g/mol. The predicted octanol–water partition coefficient (Wildman–Crippen LogP) is 5.76. The smallest absolute Gasteiger partial charge is 0.180 e. The van der Waals surface area contributed by atoms with E-state index in [-0.39, 0.29) is 12.4 Å². The van der Waals surface area contributed by atoms with Crippen molar-refractivity contribution in [1.29, 1.82) is 0 Å². The van der Waals surface area contributed by atoms with Gasteiger partial charge >= 0.3 is 0 Å². The number of halogens is 2. The van der Waals surface area contributed by atoms with Gasteiger partial charge in [-0.15, -0.1) is 35.1 Å². The number of hydrogen-bond donors (Lipinski definition) is 1. The zero-order valence-electron chi connectivity index (χ0n) is 13.7. The van der Waals surface area contributed by atoms with Gasteiger partial charge in [-0.25, -0.2) is 0 Å². The van der Waals surface area contributed by atoms with Crippen LogP contribution in [0.5, 0.6) is 11.5 Å². The zero-order valence-corrected chi connectivity index (χ0v) is 16.9. The fourth-order valence-electron chi connectivity index (χ4n) is 2.30. The van der Waals surface area contributed by atoms with Gasteiger partial charge in [-0.3, -0.25) is 0 Å². The standard InChI is InChI=1S/C18H18ClNO2S2.ClH/c1-21-17-9-13(10-20-11-14-4-2-6-23-14)8-16(19)18(17)22-12-15-5-3-7-24-15;/h2-9,20H,10-12H2,1H3;1H. The first kappa shape index (κ1) is 20.1. The van der Waals surface area contributed by atoms with E-state index in [1.165, 1.54) is 4.88 Å². The van der Waals surface area contributed by atoms with Crippen LogP contribution in [-0.4, -0.2) is 7.11 Å². The van der Waals surface area contributed by atoms with Crippen LogP contribution >= 0.6 is 46.7 Å². The van der Waals surface area contributed by atoms with Crippen molar-refractivity contribution in [3.8, 4) is 11.5 Å². The van der Waals surface area contributed by atoms with Crippen molar-refractivity contribution >= 4 is 46.7 Å². The van der Waals surface area contributed by atoms with Gasteiger partial charge in [0.15, 0.2) is 11.5 Å². The lowest BCUT2D eigenvalue weighted by Gasteiger charge is -2.14. The van der Waals surface area contributed by atoms with Crippen molar-refractivity contribution in [2.24, 2.45) is 0 Å². The van der Waals surface area contributed by atoms with E-state index in [1.54, 1.807) is 29.8 Å². The summed E-state index contributed by atoms with van der Waals surface area (Å²) in [7, 11) is 1.63. The number of ether oxygens (including phenoxy) is 2. The molecule has 134 valence electrons. The zero-order chi connectivity index (χ0) is 16.8. The van der Waals surface area contributed by atoms with E-state index < -0.39 is 0 Å². The van der Waals surface area contributed by atoms with Crippen LogP contribution in [0, 0.1) is 0 Å². The third kappa shape index (κ3) is 5.62. The van der Waals surface area contributed by atoms with E-state index in [0.717, 1.165) is 23.5 Å². The quantitative estimate of drug-likeness (QED) is 0.506. The minimum Gasteiger partial charge on any atom is -0.493 e. The second-order valence-corrected chi connectivity index (χ2v) is 7.63. The molecule has 1 N–H and O–H groups in total. The van der Waals surface area contributed by atoms with Gasteiger partial charge in [0.05, 0.1) is 12.1 Å². The summed E-state index contributed by atoms with van der Waals surface area (Å²) in [5.41, 5.74) is 1.07. The summed E-state index contributed by atoms with van der Waals surface area (Å²) in [6.07, 6.45) is 0. The highest BCUT2D eigenvalue weighted by Gasteiger charge is 2.12. The molecule has 3 rings (SSSR count). The number of rotatable bonds is 8. The molecule has 0 unspecified atom stereocenters. The molecule has 0 atom stereocenters. The Morgan fingerprint density at radius 1 is 1.04 bits per heavy atom. The molecule has 25 heavy (non-hydrogen) atoms. The number of thiophene rings is 2. The third-order valence-electron chi connectivity index (χ3n) is 3.44. The second kappa shape index (κ2) is 10.0. The molecule has 0 amide bonds. The molecule has 7 heteroatoms. The topological polar surface area (TPSA) is 30.5 Å². The second-order valence-electron chi connectivity index (χ2n) is 5.16. The Labute approximate surface area is 167 Å². The summed E-state index contributed by atoms with van der Waals surface area (Å²) in [4.78, 5) is 2.46. The maximum absolute atomic E-state index is 6.40. The van der Waals surface area contributed by atoms with Gasteiger partial charge in [0.1, 0.15) is 6.61 Å². The largest absolute Gasteiger partial charge is 0.493 e. The molecule has 3 aromatic rings. The van der Waals surface area contributed by atoms with Crippen molar-refractivity contribution in [2.75, 3.05) is 7.11 Å². The Hall–Kier alpha value is -1.24. The highest BCUT2D eigenvalue weighted by Crippen LogP contribution is 2.37. The normalized spacial score (nSPS) is 10.3. The van der Waals surface area contributed by atoms with E-state index in [0.29, 0.717) is 23.1 Å². The van der Waals surface area contributed by atoms with Gasteiger partial charge in [-0.2, -0.15) is 0 Å². The lowest BCUT2D eigenvalue weighted by atomic mass is 10.2. The van der Waals surface area contributed by atoms with Crippen molar-refractivity contribution in [2.45, 2.75) is 19.7 Å². The molecule has 3 nitrogen and oxygen atoms in total. The van der Waals surface area contributed by atoms with Crippen molar-refractivity contribution < 1.29 is 9.47 Å². The van der Waals surface area contributed by atoms with E-state index in [1.807, 2.05) is 29.6 Å². The van der Waals surface area contributed by atoms with Crippen LogP contribution in [0.4, 0.5) is 0 Å². The maximum atomic E-state index is 6.40. The minimum absolute atomic E-state index is 0. The van der Waals surface area contributed by atoms with Gasteiger partial charge < -0.3 is 14.8 Å². The van der Waals surface area contributed by atoms with Crippen molar-refractivity contribution in [3.63, 3.8) is 0 Å². The first-order chi connectivity index (χ1) is 11.8. The van der Waals surface area contributed by atoms with Crippen LogP contribution in [0.3, 0.4) is 0 Å². The van der Waals surface area contributed by atoms with Crippen LogP contribution < -0.4 is 14.8 Å². The maximum Gasteiger partial charge on any atom is 0.180 e. The first-order valence-corrected chi connectivity index (χ1v) is 9.64. The molecule has 0 aliphatic carbocycles. The summed E-state index contributed by atoms with van der Waals surface area (Å²) >= 11 is 9.81. The molecule has 0 saturated carbocycles. The van der Waals surface area contributed by atoms with Gasteiger partial charge in [0, 0.05) is 22.8 Å². The Morgan fingerprint density at radius 2 is 1.76 bits per heavy atom. The number of nitrogens with one attached hydrogen (secondary N) is 1. The first-order valence-electron chi connectivity index (χ1n) is 7.51. The number of benzene rings is 1. The Bertz CT molecular complexity index is 762. The molecule has 0 fully saturated rings. The molecule has 0 radical (unpaired) electrons. The van der Waals surface area contributed by atoms with Crippen LogP contribution in [-0.2, 0) is 19.7 Å². The Morgan fingerprint density at radius 3 is 2.40 bits per heavy atom. The Balaban J connectivity index is 0.00000225. The van der Waals surface area contributed by atoms with Gasteiger partial charge in [0.2, 0.25) is 0 Å². The van der Waals surface area contributed by atoms with Crippen LogP contribution in [0.15, 0.2) is 47.2 Å². The number of hydrogen-bond acceptors (Lipinski definition) is 5.